The molecule has 3 aromatic heterocycles. The standard InChI is InChI=1S/C12H11N5/c1-8-13-4-3-11(16-8)9-5-10-7-15-17(2)12(10)14-6-9/h3-7H,1-2H3. The summed E-state index contributed by atoms with van der Waals surface area (Å²) in [7, 11) is 1.88. The van der Waals surface area contributed by atoms with Crippen LogP contribution in [-0.4, -0.2) is 24.7 Å². The van der Waals surface area contributed by atoms with E-state index in [1.54, 1.807) is 17.1 Å². The van der Waals surface area contributed by atoms with Crippen molar-refractivity contribution in [1.82, 2.24) is 24.7 Å². The molecule has 0 radical (unpaired) electrons. The minimum atomic E-state index is 0.758. The van der Waals surface area contributed by atoms with Gasteiger partial charge in [0, 0.05) is 30.4 Å². The maximum absolute atomic E-state index is 4.39. The lowest BCUT2D eigenvalue weighted by Gasteiger charge is -2.01. The van der Waals surface area contributed by atoms with Crippen molar-refractivity contribution in [3.05, 3.63) is 36.5 Å². The van der Waals surface area contributed by atoms with Gasteiger partial charge in [0.15, 0.2) is 5.65 Å². The number of rotatable bonds is 1. The van der Waals surface area contributed by atoms with Crippen LogP contribution in [0.5, 0.6) is 0 Å². The van der Waals surface area contributed by atoms with Crippen LogP contribution < -0.4 is 0 Å². The van der Waals surface area contributed by atoms with E-state index in [1.807, 2.05) is 32.3 Å². The molecule has 5 nitrogen and oxygen atoms in total. The summed E-state index contributed by atoms with van der Waals surface area (Å²) < 4.78 is 1.75. The smallest absolute Gasteiger partial charge is 0.157 e. The first kappa shape index (κ1) is 9.89. The van der Waals surface area contributed by atoms with E-state index < -0.39 is 0 Å². The second-order valence-corrected chi connectivity index (χ2v) is 3.89. The molecule has 0 spiro atoms. The van der Waals surface area contributed by atoms with Crippen molar-refractivity contribution in [2.24, 2.45) is 7.05 Å². The Bertz CT molecular complexity index is 686. The highest BCUT2D eigenvalue weighted by molar-refractivity contribution is 5.79. The molecule has 17 heavy (non-hydrogen) atoms. The molecule has 5 heteroatoms. The summed E-state index contributed by atoms with van der Waals surface area (Å²) in [6.07, 6.45) is 5.37. The average Bonchev–Trinajstić information content (AvgIpc) is 2.71. The number of aryl methyl sites for hydroxylation is 2. The van der Waals surface area contributed by atoms with E-state index in [0.717, 1.165) is 28.1 Å². The van der Waals surface area contributed by atoms with Crippen LogP contribution in [0.1, 0.15) is 5.82 Å². The van der Waals surface area contributed by atoms with Crippen LogP contribution in [0.2, 0.25) is 0 Å². The fraction of sp³-hybridized carbons (Fsp3) is 0.167. The molecule has 84 valence electrons. The predicted molar refractivity (Wildman–Crippen MR) is 64.3 cm³/mol. The Morgan fingerprint density at radius 1 is 1.18 bits per heavy atom. The molecule has 0 aliphatic rings. The lowest BCUT2D eigenvalue weighted by Crippen LogP contribution is -1.93. The second kappa shape index (κ2) is 3.62. The van der Waals surface area contributed by atoms with Crippen LogP contribution in [0.15, 0.2) is 30.7 Å². The van der Waals surface area contributed by atoms with E-state index in [1.165, 1.54) is 0 Å². The predicted octanol–water partition coefficient (Wildman–Crippen LogP) is 1.73. The lowest BCUT2D eigenvalue weighted by atomic mass is 10.2. The quantitative estimate of drug-likeness (QED) is 0.633. The van der Waals surface area contributed by atoms with Gasteiger partial charge in [0.25, 0.3) is 0 Å². The lowest BCUT2D eigenvalue weighted by molar-refractivity contribution is 0.786. The molecule has 0 unspecified atom stereocenters. The van der Waals surface area contributed by atoms with Gasteiger partial charge in [-0.15, -0.1) is 0 Å². The van der Waals surface area contributed by atoms with Crippen molar-refractivity contribution in [3.63, 3.8) is 0 Å². The minimum Gasteiger partial charge on any atom is -0.250 e. The molecule has 0 aromatic carbocycles. The maximum atomic E-state index is 4.39. The van der Waals surface area contributed by atoms with Crippen molar-refractivity contribution in [1.29, 1.82) is 0 Å². The summed E-state index contributed by atoms with van der Waals surface area (Å²) in [6.45, 7) is 1.87. The Balaban J connectivity index is 2.18. The van der Waals surface area contributed by atoms with Crippen molar-refractivity contribution in [2.75, 3.05) is 0 Å². The van der Waals surface area contributed by atoms with Crippen LogP contribution in [0.25, 0.3) is 22.3 Å². The Morgan fingerprint density at radius 2 is 2.06 bits per heavy atom. The summed E-state index contributed by atoms with van der Waals surface area (Å²) in [5.41, 5.74) is 2.74. The van der Waals surface area contributed by atoms with Gasteiger partial charge in [-0.2, -0.15) is 5.10 Å². The number of aromatic nitrogens is 5. The molecule has 0 N–H and O–H groups in total. The summed E-state index contributed by atoms with van der Waals surface area (Å²) in [6, 6.07) is 3.92. The van der Waals surface area contributed by atoms with Gasteiger partial charge in [0.05, 0.1) is 11.9 Å². The van der Waals surface area contributed by atoms with Crippen LogP contribution in [0.3, 0.4) is 0 Å². The highest BCUT2D eigenvalue weighted by atomic mass is 15.3. The zero-order valence-electron chi connectivity index (χ0n) is 9.62. The van der Waals surface area contributed by atoms with Crippen LogP contribution in [0, 0.1) is 6.92 Å². The first-order chi connectivity index (χ1) is 8.24. The van der Waals surface area contributed by atoms with E-state index >= 15 is 0 Å². The van der Waals surface area contributed by atoms with Crippen LogP contribution >= 0.6 is 0 Å². The minimum absolute atomic E-state index is 0.758. The van der Waals surface area contributed by atoms with Gasteiger partial charge in [-0.05, 0) is 19.1 Å². The van der Waals surface area contributed by atoms with Crippen molar-refractivity contribution < 1.29 is 0 Å². The third-order valence-electron chi connectivity index (χ3n) is 2.64. The summed E-state index contributed by atoms with van der Waals surface area (Å²) in [5.74, 6) is 0.758. The topological polar surface area (TPSA) is 56.5 Å². The molecule has 0 bridgehead atoms. The van der Waals surface area contributed by atoms with E-state index in [-0.39, 0.29) is 0 Å². The zero-order chi connectivity index (χ0) is 11.8. The molecule has 0 saturated heterocycles. The van der Waals surface area contributed by atoms with Gasteiger partial charge in [0.1, 0.15) is 5.82 Å². The molecule has 3 rings (SSSR count). The molecule has 0 amide bonds. The number of hydrogen-bond acceptors (Lipinski definition) is 4. The normalized spacial score (nSPS) is 10.9. The van der Waals surface area contributed by atoms with Gasteiger partial charge >= 0.3 is 0 Å². The number of pyridine rings is 1. The monoisotopic (exact) mass is 225 g/mol. The summed E-state index contributed by atoms with van der Waals surface area (Å²) in [5, 5.41) is 5.18. The van der Waals surface area contributed by atoms with E-state index in [9.17, 15) is 0 Å². The second-order valence-electron chi connectivity index (χ2n) is 3.89. The molecule has 0 atom stereocenters. The molecular formula is C12H11N5. The fourth-order valence-corrected chi connectivity index (χ4v) is 1.80. The highest BCUT2D eigenvalue weighted by Crippen LogP contribution is 2.20. The van der Waals surface area contributed by atoms with Gasteiger partial charge in [-0.25, -0.2) is 15.0 Å². The van der Waals surface area contributed by atoms with E-state index in [2.05, 4.69) is 20.1 Å². The van der Waals surface area contributed by atoms with Gasteiger partial charge < -0.3 is 0 Å². The third kappa shape index (κ3) is 1.65. The Hall–Kier alpha value is -2.30. The molecule has 3 aromatic rings. The van der Waals surface area contributed by atoms with Gasteiger partial charge in [-0.3, -0.25) is 4.68 Å². The zero-order valence-corrected chi connectivity index (χ0v) is 9.62. The first-order valence-electron chi connectivity index (χ1n) is 5.32. The van der Waals surface area contributed by atoms with Crippen molar-refractivity contribution in [2.45, 2.75) is 6.92 Å². The Labute approximate surface area is 98.2 Å². The maximum Gasteiger partial charge on any atom is 0.157 e. The number of hydrogen-bond donors (Lipinski definition) is 0. The largest absolute Gasteiger partial charge is 0.250 e. The summed E-state index contributed by atoms with van der Waals surface area (Å²) >= 11 is 0. The third-order valence-corrected chi connectivity index (χ3v) is 2.64. The van der Waals surface area contributed by atoms with Gasteiger partial charge in [-0.1, -0.05) is 0 Å². The van der Waals surface area contributed by atoms with Gasteiger partial charge in [0.2, 0.25) is 0 Å². The Morgan fingerprint density at radius 3 is 2.88 bits per heavy atom. The number of fused-ring (bicyclic) bond motifs is 1. The molecule has 0 saturated carbocycles. The van der Waals surface area contributed by atoms with Crippen LogP contribution in [-0.2, 0) is 7.05 Å². The molecule has 0 aliphatic carbocycles. The van der Waals surface area contributed by atoms with Crippen molar-refractivity contribution >= 4 is 11.0 Å². The summed E-state index contributed by atoms with van der Waals surface area (Å²) in [4.78, 5) is 12.8. The van der Waals surface area contributed by atoms with Crippen molar-refractivity contribution in [3.8, 4) is 11.3 Å². The molecule has 0 aliphatic heterocycles. The fourth-order valence-electron chi connectivity index (χ4n) is 1.80. The van der Waals surface area contributed by atoms with Crippen LogP contribution in [0.4, 0.5) is 0 Å². The average molecular weight is 225 g/mol. The molecular weight excluding hydrogens is 214 g/mol. The van der Waals surface area contributed by atoms with E-state index in [4.69, 9.17) is 0 Å². The van der Waals surface area contributed by atoms with E-state index in [0.29, 0.717) is 0 Å². The number of nitrogens with zero attached hydrogens (tertiary/aromatic N) is 5. The SMILES string of the molecule is Cc1nccc(-c2cnc3c(cnn3C)c2)n1. The molecule has 0 fully saturated rings. The Kier molecular flexibility index (Phi) is 2.11. The first-order valence-corrected chi connectivity index (χ1v) is 5.32. The molecule has 3 heterocycles. The highest BCUT2D eigenvalue weighted by Gasteiger charge is 2.05.